The molecule has 1 heterocycles. The lowest BCUT2D eigenvalue weighted by atomic mass is 10.2. The fourth-order valence-corrected chi connectivity index (χ4v) is 1.28. The van der Waals surface area contributed by atoms with Gasteiger partial charge in [-0.15, -0.1) is 0 Å². The monoisotopic (exact) mass is 169 g/mol. The molecule has 0 saturated carbocycles. The first-order valence-electron chi connectivity index (χ1n) is 3.59. The van der Waals surface area contributed by atoms with Gasteiger partial charge in [0.25, 0.3) is 5.91 Å². The molecule has 0 aromatic rings. The highest BCUT2D eigenvalue weighted by Gasteiger charge is 2.44. The molecule has 1 rings (SSSR count). The summed E-state index contributed by atoms with van der Waals surface area (Å²) in [6, 6.07) is 0. The highest BCUT2D eigenvalue weighted by atomic mass is 16.5. The number of rotatable bonds is 0. The van der Waals surface area contributed by atoms with Gasteiger partial charge in [0.05, 0.1) is 0 Å². The van der Waals surface area contributed by atoms with Crippen LogP contribution < -0.4 is 0 Å². The molecule has 1 aliphatic rings. The minimum absolute atomic E-state index is 0.0233. The van der Waals surface area contributed by atoms with Crippen LogP contribution in [0, 0.1) is 0 Å². The van der Waals surface area contributed by atoms with Crippen LogP contribution in [0.5, 0.6) is 0 Å². The van der Waals surface area contributed by atoms with Crippen LogP contribution in [0.25, 0.3) is 0 Å². The smallest absolute Gasteiger partial charge is 0.298 e. The Balaban J connectivity index is 3.05. The van der Waals surface area contributed by atoms with Crippen molar-refractivity contribution >= 4 is 11.8 Å². The third-order valence-corrected chi connectivity index (χ3v) is 1.67. The first-order chi connectivity index (χ1) is 5.36. The summed E-state index contributed by atoms with van der Waals surface area (Å²) < 4.78 is 5.10. The molecule has 0 aromatic carbocycles. The van der Waals surface area contributed by atoms with E-state index in [9.17, 15) is 9.59 Å². The van der Waals surface area contributed by atoms with Crippen molar-refractivity contribution in [1.29, 1.82) is 0 Å². The predicted molar refractivity (Wildman–Crippen MR) is 41.8 cm³/mol. The zero-order chi connectivity index (χ0) is 9.52. The molecule has 0 unspecified atom stereocenters. The van der Waals surface area contributed by atoms with Gasteiger partial charge in [-0.3, -0.25) is 9.59 Å². The van der Waals surface area contributed by atoms with E-state index < -0.39 is 11.6 Å². The number of ether oxygens (including phenoxy) is 1. The van der Waals surface area contributed by atoms with Gasteiger partial charge in [0, 0.05) is 6.92 Å². The maximum absolute atomic E-state index is 11.2. The van der Waals surface area contributed by atoms with Gasteiger partial charge in [-0.25, -0.2) is 4.90 Å². The Hall–Kier alpha value is -1.32. The van der Waals surface area contributed by atoms with Crippen LogP contribution in [0.3, 0.4) is 0 Å². The van der Waals surface area contributed by atoms with E-state index in [1.165, 1.54) is 6.92 Å². The van der Waals surface area contributed by atoms with Crippen molar-refractivity contribution in [2.45, 2.75) is 26.5 Å². The van der Waals surface area contributed by atoms with Crippen molar-refractivity contribution in [2.75, 3.05) is 0 Å². The molecule has 1 saturated heterocycles. The number of carbonyl (C=O) groups excluding carboxylic acids is 2. The Morgan fingerprint density at radius 1 is 1.58 bits per heavy atom. The SMILES string of the molecule is C=C1OC(C)(C)N(C(C)=O)C1=O. The molecule has 66 valence electrons. The number of imide groups is 1. The lowest BCUT2D eigenvalue weighted by molar-refractivity contribution is -0.149. The second-order valence-electron chi connectivity index (χ2n) is 3.13. The van der Waals surface area contributed by atoms with Crippen LogP contribution in [-0.2, 0) is 14.3 Å². The molecule has 0 spiro atoms. The first-order valence-corrected chi connectivity index (χ1v) is 3.59. The fraction of sp³-hybridized carbons (Fsp3) is 0.500. The van der Waals surface area contributed by atoms with E-state index in [0.717, 1.165) is 4.90 Å². The molecular formula is C8H11NO3. The Bertz CT molecular complexity index is 267. The van der Waals surface area contributed by atoms with Crippen LogP contribution in [0.1, 0.15) is 20.8 Å². The van der Waals surface area contributed by atoms with E-state index in [4.69, 9.17) is 4.74 Å². The molecule has 0 N–H and O–H groups in total. The van der Waals surface area contributed by atoms with Gasteiger partial charge < -0.3 is 4.74 Å². The number of carbonyl (C=O) groups is 2. The Labute approximate surface area is 70.8 Å². The van der Waals surface area contributed by atoms with Crippen molar-refractivity contribution in [3.63, 3.8) is 0 Å². The highest BCUT2D eigenvalue weighted by molar-refractivity contribution is 6.04. The topological polar surface area (TPSA) is 46.6 Å². The van der Waals surface area contributed by atoms with Crippen LogP contribution >= 0.6 is 0 Å². The summed E-state index contributed by atoms with van der Waals surface area (Å²) in [7, 11) is 0. The summed E-state index contributed by atoms with van der Waals surface area (Å²) in [6.07, 6.45) is 0. The predicted octanol–water partition coefficient (Wildman–Crippen LogP) is 0.641. The lowest BCUT2D eigenvalue weighted by Gasteiger charge is -2.25. The van der Waals surface area contributed by atoms with E-state index >= 15 is 0 Å². The van der Waals surface area contributed by atoms with Crippen LogP contribution in [0.2, 0.25) is 0 Å². The van der Waals surface area contributed by atoms with Crippen LogP contribution in [0.15, 0.2) is 12.3 Å². The van der Waals surface area contributed by atoms with E-state index in [1.807, 2.05) is 0 Å². The van der Waals surface area contributed by atoms with Crippen molar-refractivity contribution in [1.82, 2.24) is 4.90 Å². The van der Waals surface area contributed by atoms with Crippen LogP contribution in [0.4, 0.5) is 0 Å². The summed E-state index contributed by atoms with van der Waals surface area (Å²) in [5.74, 6) is -0.758. The van der Waals surface area contributed by atoms with Gasteiger partial charge >= 0.3 is 0 Å². The standard InChI is InChI=1S/C8H11NO3/c1-5-7(11)9(6(2)10)8(3,4)12-5/h1H2,2-4H3. The largest absolute Gasteiger partial charge is 0.463 e. The summed E-state index contributed by atoms with van der Waals surface area (Å²) in [5, 5.41) is 0. The molecule has 4 nitrogen and oxygen atoms in total. The fourth-order valence-electron chi connectivity index (χ4n) is 1.28. The molecule has 0 aromatic heterocycles. The molecule has 0 bridgehead atoms. The van der Waals surface area contributed by atoms with E-state index in [-0.39, 0.29) is 11.7 Å². The van der Waals surface area contributed by atoms with Gasteiger partial charge in [0.15, 0.2) is 11.5 Å². The Morgan fingerprint density at radius 3 is 2.25 bits per heavy atom. The molecular weight excluding hydrogens is 158 g/mol. The average Bonchev–Trinajstić information content (AvgIpc) is 2.01. The van der Waals surface area contributed by atoms with Gasteiger partial charge in [0.2, 0.25) is 5.91 Å². The maximum Gasteiger partial charge on any atom is 0.298 e. The second-order valence-corrected chi connectivity index (χ2v) is 3.13. The Morgan fingerprint density at radius 2 is 2.08 bits per heavy atom. The average molecular weight is 169 g/mol. The molecule has 1 aliphatic heterocycles. The third kappa shape index (κ3) is 1.09. The Kier molecular flexibility index (Phi) is 1.71. The van der Waals surface area contributed by atoms with E-state index in [2.05, 4.69) is 6.58 Å². The molecule has 0 atom stereocenters. The maximum atomic E-state index is 11.2. The molecule has 4 heteroatoms. The zero-order valence-corrected chi connectivity index (χ0v) is 7.38. The molecule has 1 fully saturated rings. The summed E-state index contributed by atoms with van der Waals surface area (Å²) in [5.41, 5.74) is -0.889. The van der Waals surface area contributed by atoms with Gasteiger partial charge in [-0.2, -0.15) is 0 Å². The normalized spacial score (nSPS) is 21.1. The van der Waals surface area contributed by atoms with Crippen molar-refractivity contribution in [3.8, 4) is 0 Å². The summed E-state index contributed by atoms with van der Waals surface area (Å²) in [4.78, 5) is 23.3. The summed E-state index contributed by atoms with van der Waals surface area (Å²) in [6.45, 7) is 8.01. The van der Waals surface area contributed by atoms with Crippen molar-refractivity contribution in [3.05, 3.63) is 12.3 Å². The van der Waals surface area contributed by atoms with Crippen LogP contribution in [-0.4, -0.2) is 22.4 Å². The van der Waals surface area contributed by atoms with Gasteiger partial charge in [0.1, 0.15) is 0 Å². The second kappa shape index (κ2) is 2.33. The minimum atomic E-state index is -0.889. The number of nitrogens with zero attached hydrogens (tertiary/aromatic N) is 1. The molecule has 0 radical (unpaired) electrons. The molecule has 12 heavy (non-hydrogen) atoms. The highest BCUT2D eigenvalue weighted by Crippen LogP contribution is 2.28. The number of amides is 2. The zero-order valence-electron chi connectivity index (χ0n) is 7.38. The minimum Gasteiger partial charge on any atom is -0.463 e. The summed E-state index contributed by atoms with van der Waals surface area (Å²) >= 11 is 0. The van der Waals surface area contributed by atoms with E-state index in [0.29, 0.717) is 0 Å². The van der Waals surface area contributed by atoms with Crippen molar-refractivity contribution in [2.24, 2.45) is 0 Å². The van der Waals surface area contributed by atoms with E-state index in [1.54, 1.807) is 13.8 Å². The first kappa shape index (κ1) is 8.77. The van der Waals surface area contributed by atoms with Gasteiger partial charge in [-0.1, -0.05) is 6.58 Å². The quantitative estimate of drug-likeness (QED) is 0.500. The third-order valence-electron chi connectivity index (χ3n) is 1.67. The molecule has 0 aliphatic carbocycles. The lowest BCUT2D eigenvalue weighted by Crippen LogP contribution is -2.44. The number of hydrogen-bond acceptors (Lipinski definition) is 3. The van der Waals surface area contributed by atoms with Gasteiger partial charge in [-0.05, 0) is 13.8 Å². The molecule has 2 amide bonds. The van der Waals surface area contributed by atoms with Crippen molar-refractivity contribution < 1.29 is 14.3 Å². The number of hydrogen-bond donors (Lipinski definition) is 0.